The van der Waals surface area contributed by atoms with E-state index in [1.807, 2.05) is 0 Å². The van der Waals surface area contributed by atoms with Crippen molar-refractivity contribution in [3.63, 3.8) is 0 Å². The molecule has 3 unspecified atom stereocenters. The third-order valence-corrected chi connectivity index (χ3v) is 4.34. The molecule has 2 saturated heterocycles. The van der Waals surface area contributed by atoms with E-state index in [4.69, 9.17) is 9.47 Å². The van der Waals surface area contributed by atoms with Crippen LogP contribution in [-0.4, -0.2) is 42.3 Å². The second kappa shape index (κ2) is 6.94. The summed E-state index contributed by atoms with van der Waals surface area (Å²) < 4.78 is 51.2. The molecule has 1 amide bonds. The Kier molecular flexibility index (Phi) is 4.91. The van der Waals surface area contributed by atoms with Crippen molar-refractivity contribution in [3.8, 4) is 0 Å². The molecule has 0 N–H and O–H groups in total. The minimum atomic E-state index is -1.52. The van der Waals surface area contributed by atoms with E-state index < -0.39 is 17.5 Å². The van der Waals surface area contributed by atoms with E-state index in [1.54, 1.807) is 0 Å². The summed E-state index contributed by atoms with van der Waals surface area (Å²) in [5.41, 5.74) is 0.163. The largest absolute Gasteiger partial charge is 0.375 e. The first-order valence-corrected chi connectivity index (χ1v) is 7.79. The van der Waals surface area contributed by atoms with Crippen LogP contribution in [0.1, 0.15) is 18.4 Å². The lowest BCUT2D eigenvalue weighted by molar-refractivity contribution is -0.128. The number of rotatable bonds is 5. The Morgan fingerprint density at radius 3 is 2.62 bits per heavy atom. The summed E-state index contributed by atoms with van der Waals surface area (Å²) >= 11 is 0. The number of carbonyl (C=O) groups is 1. The van der Waals surface area contributed by atoms with E-state index >= 15 is 0 Å². The molecule has 0 aliphatic carbocycles. The van der Waals surface area contributed by atoms with Crippen molar-refractivity contribution in [1.82, 2.24) is 4.90 Å². The van der Waals surface area contributed by atoms with Gasteiger partial charge in [0.1, 0.15) is 0 Å². The minimum Gasteiger partial charge on any atom is -0.375 e. The zero-order valence-electron chi connectivity index (χ0n) is 13.0. The van der Waals surface area contributed by atoms with Gasteiger partial charge in [-0.05, 0) is 30.2 Å². The van der Waals surface area contributed by atoms with Crippen molar-refractivity contribution in [1.29, 1.82) is 0 Å². The van der Waals surface area contributed by atoms with Crippen molar-refractivity contribution >= 4 is 5.91 Å². The highest BCUT2D eigenvalue weighted by Gasteiger charge is 2.40. The van der Waals surface area contributed by atoms with Crippen LogP contribution in [0.15, 0.2) is 24.8 Å². The number of amides is 1. The Morgan fingerprint density at radius 1 is 1.29 bits per heavy atom. The van der Waals surface area contributed by atoms with Crippen LogP contribution in [0, 0.1) is 17.5 Å². The molecule has 0 bridgehead atoms. The van der Waals surface area contributed by atoms with Crippen molar-refractivity contribution in [3.05, 3.63) is 47.8 Å². The summed E-state index contributed by atoms with van der Waals surface area (Å²) in [7, 11) is 0. The number of benzene rings is 1. The normalized spacial score (nSPS) is 25.5. The van der Waals surface area contributed by atoms with Crippen LogP contribution in [-0.2, 0) is 20.8 Å². The molecule has 2 aliphatic heterocycles. The van der Waals surface area contributed by atoms with Gasteiger partial charge in [-0.3, -0.25) is 4.79 Å². The maximum Gasteiger partial charge on any atom is 0.246 e. The molecule has 0 saturated carbocycles. The monoisotopic (exact) mass is 341 g/mol. The Labute approximate surface area is 137 Å². The molecule has 1 aromatic rings. The lowest BCUT2D eigenvalue weighted by atomic mass is 10.1. The second-order valence-electron chi connectivity index (χ2n) is 6.03. The fourth-order valence-corrected chi connectivity index (χ4v) is 3.21. The molecule has 2 aliphatic rings. The predicted molar refractivity (Wildman–Crippen MR) is 79.6 cm³/mol. The standard InChI is InChI=1S/C17H18F3NO3/c1-2-16(22)21(8-10-5-12(18)17(20)13(19)6-10)9-11-7-15-14(24-11)3-4-23-15/h2,5-6,11,14-15H,1,3-4,7-9H2. The lowest BCUT2D eigenvalue weighted by Crippen LogP contribution is -2.36. The van der Waals surface area contributed by atoms with Crippen LogP contribution >= 0.6 is 0 Å². The zero-order chi connectivity index (χ0) is 17.3. The van der Waals surface area contributed by atoms with Crippen molar-refractivity contribution in [2.75, 3.05) is 13.2 Å². The Bertz CT molecular complexity index is 617. The number of carbonyl (C=O) groups excluding carboxylic acids is 1. The molecule has 130 valence electrons. The van der Waals surface area contributed by atoms with Crippen LogP contribution in [0.2, 0.25) is 0 Å². The minimum absolute atomic E-state index is 0.0383. The van der Waals surface area contributed by atoms with E-state index in [2.05, 4.69) is 6.58 Å². The Balaban J connectivity index is 1.70. The third-order valence-electron chi connectivity index (χ3n) is 4.34. The molecule has 1 aromatic carbocycles. The topological polar surface area (TPSA) is 38.8 Å². The van der Waals surface area contributed by atoms with Gasteiger partial charge in [-0.2, -0.15) is 0 Å². The molecular weight excluding hydrogens is 323 g/mol. The van der Waals surface area contributed by atoms with Gasteiger partial charge in [-0.25, -0.2) is 13.2 Å². The van der Waals surface area contributed by atoms with Gasteiger partial charge < -0.3 is 14.4 Å². The van der Waals surface area contributed by atoms with Crippen LogP contribution in [0.3, 0.4) is 0 Å². The van der Waals surface area contributed by atoms with Gasteiger partial charge in [0.2, 0.25) is 5.91 Å². The molecule has 2 heterocycles. The van der Waals surface area contributed by atoms with Crippen LogP contribution in [0.5, 0.6) is 0 Å². The first-order chi connectivity index (χ1) is 11.5. The van der Waals surface area contributed by atoms with Gasteiger partial charge in [0.25, 0.3) is 0 Å². The van der Waals surface area contributed by atoms with Gasteiger partial charge in [0.05, 0.1) is 18.3 Å². The van der Waals surface area contributed by atoms with Crippen LogP contribution < -0.4 is 0 Å². The average Bonchev–Trinajstić information content (AvgIpc) is 3.12. The van der Waals surface area contributed by atoms with E-state index in [9.17, 15) is 18.0 Å². The fraction of sp³-hybridized carbons (Fsp3) is 0.471. The molecule has 0 radical (unpaired) electrons. The first-order valence-electron chi connectivity index (χ1n) is 7.79. The highest BCUT2D eigenvalue weighted by atomic mass is 19.2. The highest BCUT2D eigenvalue weighted by Crippen LogP contribution is 2.31. The molecular formula is C17H18F3NO3. The summed E-state index contributed by atoms with van der Waals surface area (Å²) in [6, 6.07) is 1.77. The zero-order valence-corrected chi connectivity index (χ0v) is 13.0. The number of hydrogen-bond acceptors (Lipinski definition) is 3. The molecule has 4 nitrogen and oxygen atoms in total. The van der Waals surface area contributed by atoms with Gasteiger partial charge in [-0.15, -0.1) is 0 Å². The summed E-state index contributed by atoms with van der Waals surface area (Å²) in [6.45, 7) is 4.30. The number of halogens is 3. The second-order valence-corrected chi connectivity index (χ2v) is 6.03. The molecule has 0 spiro atoms. The summed E-state index contributed by atoms with van der Waals surface area (Å²) in [5.74, 6) is -4.47. The van der Waals surface area contributed by atoms with Crippen molar-refractivity contribution in [2.24, 2.45) is 0 Å². The van der Waals surface area contributed by atoms with Gasteiger partial charge >= 0.3 is 0 Å². The SMILES string of the molecule is C=CC(=O)N(Cc1cc(F)c(F)c(F)c1)CC1CC2OCCC2O1. The van der Waals surface area contributed by atoms with Crippen molar-refractivity contribution < 1.29 is 27.4 Å². The Morgan fingerprint density at radius 2 is 2.00 bits per heavy atom. The van der Waals surface area contributed by atoms with Gasteiger partial charge in [-0.1, -0.05) is 6.58 Å². The number of fused-ring (bicyclic) bond motifs is 1. The van der Waals surface area contributed by atoms with Crippen molar-refractivity contribution in [2.45, 2.75) is 37.7 Å². The van der Waals surface area contributed by atoms with Gasteiger partial charge in [0, 0.05) is 26.1 Å². The smallest absolute Gasteiger partial charge is 0.246 e. The third kappa shape index (κ3) is 3.47. The van der Waals surface area contributed by atoms with Crippen LogP contribution in [0.25, 0.3) is 0 Å². The van der Waals surface area contributed by atoms with E-state index in [0.29, 0.717) is 13.0 Å². The highest BCUT2D eigenvalue weighted by molar-refractivity contribution is 5.87. The average molecular weight is 341 g/mol. The summed E-state index contributed by atoms with van der Waals surface area (Å²) in [4.78, 5) is 13.4. The van der Waals surface area contributed by atoms with Crippen LogP contribution in [0.4, 0.5) is 13.2 Å². The molecule has 7 heteroatoms. The Hall–Kier alpha value is -1.86. The number of hydrogen-bond donors (Lipinski definition) is 0. The molecule has 3 rings (SSSR count). The lowest BCUT2D eigenvalue weighted by Gasteiger charge is -2.25. The summed E-state index contributed by atoms with van der Waals surface area (Å²) in [6.07, 6.45) is 2.48. The molecule has 0 aromatic heterocycles. The molecule has 3 atom stereocenters. The maximum absolute atomic E-state index is 13.4. The first kappa shape index (κ1) is 17.0. The predicted octanol–water partition coefficient (Wildman–Crippen LogP) is 2.56. The van der Waals surface area contributed by atoms with Gasteiger partial charge in [0.15, 0.2) is 17.5 Å². The summed E-state index contributed by atoms with van der Waals surface area (Å²) in [5, 5.41) is 0. The quantitative estimate of drug-likeness (QED) is 0.610. The van der Waals surface area contributed by atoms with E-state index in [-0.39, 0.29) is 42.9 Å². The molecule has 2 fully saturated rings. The van der Waals surface area contributed by atoms with E-state index in [0.717, 1.165) is 24.6 Å². The number of ether oxygens (including phenoxy) is 2. The maximum atomic E-state index is 13.4. The molecule has 24 heavy (non-hydrogen) atoms. The fourth-order valence-electron chi connectivity index (χ4n) is 3.21. The van der Waals surface area contributed by atoms with E-state index in [1.165, 1.54) is 4.90 Å². The number of nitrogens with zero attached hydrogens (tertiary/aromatic N) is 1.